The van der Waals surface area contributed by atoms with Crippen molar-refractivity contribution < 1.29 is 13.2 Å². The van der Waals surface area contributed by atoms with Crippen LogP contribution in [0.25, 0.3) is 0 Å². The van der Waals surface area contributed by atoms with E-state index in [1.54, 1.807) is 13.1 Å². The Labute approximate surface area is 156 Å². The fourth-order valence-corrected chi connectivity index (χ4v) is 4.94. The summed E-state index contributed by atoms with van der Waals surface area (Å²) < 4.78 is 32.7. The molecular weight excluding hydrogens is 414 g/mol. The zero-order valence-electron chi connectivity index (χ0n) is 13.5. The van der Waals surface area contributed by atoms with E-state index in [9.17, 15) is 8.42 Å². The second kappa shape index (κ2) is 8.34. The Morgan fingerprint density at radius 1 is 1.21 bits per heavy atom. The van der Waals surface area contributed by atoms with Gasteiger partial charge in [0.1, 0.15) is 4.90 Å². The number of rotatable bonds is 7. The first-order chi connectivity index (χ1) is 11.4. The Balaban J connectivity index is 2.15. The van der Waals surface area contributed by atoms with Gasteiger partial charge in [0.15, 0.2) is 5.75 Å². The molecule has 0 unspecified atom stereocenters. The Morgan fingerprint density at radius 2 is 1.88 bits per heavy atom. The number of ether oxygens (including phenoxy) is 1. The highest BCUT2D eigenvalue weighted by Crippen LogP contribution is 2.36. The van der Waals surface area contributed by atoms with E-state index in [1.165, 1.54) is 23.0 Å². The molecule has 0 atom stereocenters. The minimum Gasteiger partial charge on any atom is -0.494 e. The van der Waals surface area contributed by atoms with Crippen molar-refractivity contribution in [2.45, 2.75) is 17.7 Å². The predicted molar refractivity (Wildman–Crippen MR) is 100 cm³/mol. The average molecular weight is 433 g/mol. The first-order valence-electron chi connectivity index (χ1n) is 7.39. The van der Waals surface area contributed by atoms with Crippen molar-refractivity contribution in [2.24, 2.45) is 0 Å². The molecule has 2 aromatic carbocycles. The number of nitrogens with zero attached hydrogens (tertiary/aromatic N) is 1. The van der Waals surface area contributed by atoms with Gasteiger partial charge in [-0.15, -0.1) is 0 Å². The van der Waals surface area contributed by atoms with Crippen LogP contribution in [0.3, 0.4) is 0 Å². The molecule has 0 aromatic heterocycles. The van der Waals surface area contributed by atoms with Crippen LogP contribution < -0.4 is 4.74 Å². The zero-order valence-corrected chi connectivity index (χ0v) is 16.7. The number of hydrogen-bond donors (Lipinski definition) is 0. The topological polar surface area (TPSA) is 46.6 Å². The van der Waals surface area contributed by atoms with Gasteiger partial charge in [-0.05, 0) is 46.5 Å². The van der Waals surface area contributed by atoms with Crippen molar-refractivity contribution in [1.29, 1.82) is 0 Å². The zero-order chi connectivity index (χ0) is 17.7. The molecule has 0 aliphatic carbocycles. The van der Waals surface area contributed by atoms with Crippen LogP contribution in [0.1, 0.15) is 12.0 Å². The number of methoxy groups -OCH3 is 1. The lowest BCUT2D eigenvalue weighted by Gasteiger charge is -2.19. The molecule has 24 heavy (non-hydrogen) atoms. The number of sulfonamides is 1. The molecule has 0 aliphatic rings. The van der Waals surface area contributed by atoms with E-state index >= 15 is 0 Å². The van der Waals surface area contributed by atoms with E-state index in [2.05, 4.69) is 15.9 Å². The third-order valence-corrected chi connectivity index (χ3v) is 6.32. The summed E-state index contributed by atoms with van der Waals surface area (Å²) in [6.07, 6.45) is 1.54. The van der Waals surface area contributed by atoms with Gasteiger partial charge in [-0.3, -0.25) is 0 Å². The summed E-state index contributed by atoms with van der Waals surface area (Å²) in [6.45, 7) is 0.407. The second-order valence-corrected chi connectivity index (χ2v) is 8.64. The van der Waals surface area contributed by atoms with Crippen molar-refractivity contribution in [3.63, 3.8) is 0 Å². The molecule has 130 valence electrons. The van der Waals surface area contributed by atoms with Crippen molar-refractivity contribution in [2.75, 3.05) is 20.7 Å². The van der Waals surface area contributed by atoms with Gasteiger partial charge in [0.05, 0.1) is 11.6 Å². The Morgan fingerprint density at radius 3 is 2.50 bits per heavy atom. The molecule has 0 saturated carbocycles. The quantitative estimate of drug-likeness (QED) is 0.653. The maximum Gasteiger partial charge on any atom is 0.246 e. The summed E-state index contributed by atoms with van der Waals surface area (Å²) in [7, 11) is -0.690. The molecule has 7 heteroatoms. The van der Waals surface area contributed by atoms with Crippen molar-refractivity contribution in [3.8, 4) is 5.75 Å². The van der Waals surface area contributed by atoms with Crippen molar-refractivity contribution in [3.05, 3.63) is 57.5 Å². The smallest absolute Gasteiger partial charge is 0.246 e. The molecule has 2 rings (SSSR count). The normalized spacial score (nSPS) is 11.7. The van der Waals surface area contributed by atoms with Crippen molar-refractivity contribution >= 4 is 37.6 Å². The largest absolute Gasteiger partial charge is 0.494 e. The van der Waals surface area contributed by atoms with Gasteiger partial charge in [0.25, 0.3) is 0 Å². The van der Waals surface area contributed by atoms with E-state index < -0.39 is 10.0 Å². The second-order valence-electron chi connectivity index (χ2n) is 5.33. The summed E-state index contributed by atoms with van der Waals surface area (Å²) in [5, 5.41) is 0.332. The highest BCUT2D eigenvalue weighted by atomic mass is 79.9. The van der Waals surface area contributed by atoms with E-state index in [1.807, 2.05) is 30.3 Å². The molecular formula is C17H19BrClNO3S. The number of aryl methyl sites for hydroxylation is 1. The summed E-state index contributed by atoms with van der Waals surface area (Å²) >= 11 is 9.30. The molecule has 0 N–H and O–H groups in total. The van der Waals surface area contributed by atoms with Crippen LogP contribution >= 0.6 is 27.5 Å². The third kappa shape index (κ3) is 4.51. The first kappa shape index (κ1) is 19.2. The average Bonchev–Trinajstić information content (AvgIpc) is 2.55. The summed E-state index contributed by atoms with van der Waals surface area (Å²) in [5.41, 5.74) is 1.19. The minimum atomic E-state index is -3.69. The number of hydrogen-bond acceptors (Lipinski definition) is 3. The molecule has 0 spiro atoms. The monoisotopic (exact) mass is 431 g/mol. The minimum absolute atomic E-state index is 0.0617. The van der Waals surface area contributed by atoms with Crippen LogP contribution in [-0.4, -0.2) is 33.4 Å². The van der Waals surface area contributed by atoms with Gasteiger partial charge in [-0.2, -0.15) is 0 Å². The Hall–Kier alpha value is -1.08. The molecule has 0 heterocycles. The molecule has 0 bridgehead atoms. The van der Waals surface area contributed by atoms with E-state index in [0.717, 1.165) is 12.8 Å². The van der Waals surface area contributed by atoms with Gasteiger partial charge < -0.3 is 4.74 Å². The van der Waals surface area contributed by atoms with E-state index in [0.29, 0.717) is 16.0 Å². The lowest BCUT2D eigenvalue weighted by atomic mass is 10.1. The maximum absolute atomic E-state index is 12.8. The molecule has 2 aromatic rings. The van der Waals surface area contributed by atoms with Gasteiger partial charge in [0.2, 0.25) is 10.0 Å². The van der Waals surface area contributed by atoms with Crippen LogP contribution in [0.5, 0.6) is 5.75 Å². The molecule has 0 amide bonds. The summed E-state index contributed by atoms with van der Waals surface area (Å²) in [5.74, 6) is 0.259. The van der Waals surface area contributed by atoms with Gasteiger partial charge in [-0.1, -0.05) is 41.9 Å². The standard InChI is InChI=1S/C17H19BrClNO3S/c1-20(10-6-9-13-7-4-3-5-8-13)24(21,22)16-12-14(19)11-15(18)17(16)23-2/h3-5,7-8,11-12H,6,9-10H2,1-2H3. The number of halogens is 2. The molecule has 0 aliphatic heterocycles. The first-order valence-corrected chi connectivity index (χ1v) is 10.0. The van der Waals surface area contributed by atoms with Gasteiger partial charge in [-0.25, -0.2) is 12.7 Å². The molecule has 4 nitrogen and oxygen atoms in total. The Bertz CT molecular complexity index is 797. The van der Waals surface area contributed by atoms with E-state index in [-0.39, 0.29) is 10.6 Å². The lowest BCUT2D eigenvalue weighted by Crippen LogP contribution is -2.28. The van der Waals surface area contributed by atoms with Crippen LogP contribution in [0.15, 0.2) is 51.8 Å². The van der Waals surface area contributed by atoms with Crippen LogP contribution in [0.4, 0.5) is 0 Å². The van der Waals surface area contributed by atoms with E-state index in [4.69, 9.17) is 16.3 Å². The van der Waals surface area contributed by atoms with Crippen LogP contribution in [0.2, 0.25) is 5.02 Å². The highest BCUT2D eigenvalue weighted by molar-refractivity contribution is 9.10. The highest BCUT2D eigenvalue weighted by Gasteiger charge is 2.26. The molecule has 0 saturated heterocycles. The molecule has 0 fully saturated rings. The van der Waals surface area contributed by atoms with Gasteiger partial charge >= 0.3 is 0 Å². The lowest BCUT2D eigenvalue weighted by molar-refractivity contribution is 0.395. The fraction of sp³-hybridized carbons (Fsp3) is 0.294. The molecule has 0 radical (unpaired) electrons. The summed E-state index contributed by atoms with van der Waals surface area (Å²) in [6, 6.07) is 13.0. The SMILES string of the molecule is COc1c(Br)cc(Cl)cc1S(=O)(=O)N(C)CCCc1ccccc1. The van der Waals surface area contributed by atoms with Gasteiger partial charge in [0, 0.05) is 18.6 Å². The summed E-state index contributed by atoms with van der Waals surface area (Å²) in [4.78, 5) is 0.0617. The van der Waals surface area contributed by atoms with Crippen molar-refractivity contribution in [1.82, 2.24) is 4.31 Å². The predicted octanol–water partition coefficient (Wildman–Crippen LogP) is 4.36. The Kier molecular flexibility index (Phi) is 6.69. The third-order valence-electron chi connectivity index (χ3n) is 3.65. The maximum atomic E-state index is 12.8. The fourth-order valence-electron chi connectivity index (χ4n) is 2.37. The van der Waals surface area contributed by atoms with Crippen LogP contribution in [0, 0.1) is 0 Å². The number of benzene rings is 2. The van der Waals surface area contributed by atoms with Crippen LogP contribution in [-0.2, 0) is 16.4 Å².